The summed E-state index contributed by atoms with van der Waals surface area (Å²) in [5.74, 6) is 0.440. The number of aromatic nitrogens is 1. The van der Waals surface area contributed by atoms with E-state index in [9.17, 15) is 4.79 Å². The highest BCUT2D eigenvalue weighted by Gasteiger charge is 2.12. The van der Waals surface area contributed by atoms with E-state index in [0.29, 0.717) is 23.7 Å². The molecule has 0 aliphatic carbocycles. The van der Waals surface area contributed by atoms with Crippen molar-refractivity contribution in [2.45, 2.75) is 6.54 Å². The second-order valence-corrected chi connectivity index (χ2v) is 4.40. The maximum atomic E-state index is 12.2. The van der Waals surface area contributed by atoms with Crippen LogP contribution in [0.3, 0.4) is 0 Å². The fourth-order valence-electron chi connectivity index (χ4n) is 2.03. The molecule has 0 atom stereocenters. The van der Waals surface area contributed by atoms with Crippen molar-refractivity contribution < 1.29 is 9.21 Å². The van der Waals surface area contributed by atoms with Crippen LogP contribution in [0, 0.1) is 0 Å². The molecule has 0 fully saturated rings. The maximum Gasteiger partial charge on any atom is 0.270 e. The number of nitrogens with one attached hydrogen (secondary N) is 1. The quantitative estimate of drug-likeness (QED) is 0.714. The minimum Gasteiger partial charge on any atom is -0.467 e. The van der Waals surface area contributed by atoms with Gasteiger partial charge in [-0.05, 0) is 35.7 Å². The molecule has 3 N–H and O–H groups in total. The molecule has 0 spiro atoms. The summed E-state index contributed by atoms with van der Waals surface area (Å²) in [6.45, 7) is 0.326. The van der Waals surface area contributed by atoms with Crippen LogP contribution in [0.2, 0.25) is 0 Å². The van der Waals surface area contributed by atoms with Crippen LogP contribution in [-0.4, -0.2) is 10.9 Å². The second kappa shape index (κ2) is 5.05. The molecule has 5 heteroatoms. The number of carbonyl (C=O) groups excluding carboxylic acids is 1. The van der Waals surface area contributed by atoms with Gasteiger partial charge in [0.25, 0.3) is 5.91 Å². The Morgan fingerprint density at radius 2 is 2.20 bits per heavy atom. The Balaban J connectivity index is 1.89. The average molecular weight is 267 g/mol. The Labute approximate surface area is 115 Å². The van der Waals surface area contributed by atoms with E-state index in [-0.39, 0.29) is 5.91 Å². The summed E-state index contributed by atoms with van der Waals surface area (Å²) in [5.41, 5.74) is 6.73. The molecule has 3 aromatic rings. The first-order chi connectivity index (χ1) is 9.74. The largest absolute Gasteiger partial charge is 0.467 e. The van der Waals surface area contributed by atoms with E-state index in [2.05, 4.69) is 10.3 Å². The van der Waals surface area contributed by atoms with Gasteiger partial charge in [-0.25, -0.2) is 0 Å². The van der Waals surface area contributed by atoms with Crippen molar-refractivity contribution in [2.24, 2.45) is 0 Å². The van der Waals surface area contributed by atoms with Gasteiger partial charge in [-0.2, -0.15) is 0 Å². The number of pyridine rings is 1. The summed E-state index contributed by atoms with van der Waals surface area (Å²) in [4.78, 5) is 16.4. The van der Waals surface area contributed by atoms with Gasteiger partial charge in [0.1, 0.15) is 11.5 Å². The Morgan fingerprint density at radius 3 is 3.00 bits per heavy atom. The van der Waals surface area contributed by atoms with Crippen molar-refractivity contribution in [3.63, 3.8) is 0 Å². The Kier molecular flexibility index (Phi) is 3.09. The monoisotopic (exact) mass is 267 g/mol. The molecule has 2 heterocycles. The molecular weight excluding hydrogens is 254 g/mol. The minimum atomic E-state index is -0.252. The summed E-state index contributed by atoms with van der Waals surface area (Å²) in [6, 6.07) is 10.8. The van der Waals surface area contributed by atoms with Crippen molar-refractivity contribution in [1.82, 2.24) is 10.3 Å². The van der Waals surface area contributed by atoms with Gasteiger partial charge in [-0.1, -0.05) is 6.07 Å². The zero-order valence-corrected chi connectivity index (χ0v) is 10.7. The third-order valence-electron chi connectivity index (χ3n) is 3.01. The average Bonchev–Trinajstić information content (AvgIpc) is 2.97. The molecule has 100 valence electrons. The van der Waals surface area contributed by atoms with Crippen LogP contribution in [0.1, 0.15) is 16.2 Å². The summed E-state index contributed by atoms with van der Waals surface area (Å²) >= 11 is 0. The molecule has 5 nitrogen and oxygen atoms in total. The van der Waals surface area contributed by atoms with E-state index in [1.165, 1.54) is 0 Å². The van der Waals surface area contributed by atoms with Crippen LogP contribution in [0.25, 0.3) is 10.8 Å². The number of furan rings is 1. The molecule has 20 heavy (non-hydrogen) atoms. The fraction of sp³-hybridized carbons (Fsp3) is 0.0667. The third kappa shape index (κ3) is 2.33. The topological polar surface area (TPSA) is 81.1 Å². The van der Waals surface area contributed by atoms with Crippen LogP contribution < -0.4 is 11.1 Å². The normalized spacial score (nSPS) is 10.6. The van der Waals surface area contributed by atoms with Crippen molar-refractivity contribution in [3.8, 4) is 0 Å². The van der Waals surface area contributed by atoms with Crippen LogP contribution >= 0.6 is 0 Å². The number of nitrogens with two attached hydrogens (primary N) is 1. The van der Waals surface area contributed by atoms with E-state index in [1.807, 2.05) is 12.1 Å². The summed E-state index contributed by atoms with van der Waals surface area (Å²) in [5, 5.41) is 4.45. The lowest BCUT2D eigenvalue weighted by molar-refractivity contribution is 0.0945. The fourth-order valence-corrected chi connectivity index (χ4v) is 2.03. The molecule has 2 aromatic heterocycles. The first-order valence-corrected chi connectivity index (χ1v) is 6.19. The van der Waals surface area contributed by atoms with Crippen LogP contribution in [-0.2, 0) is 6.54 Å². The molecule has 0 aliphatic rings. The van der Waals surface area contributed by atoms with Gasteiger partial charge < -0.3 is 15.5 Å². The van der Waals surface area contributed by atoms with Gasteiger partial charge in [0.05, 0.1) is 12.8 Å². The van der Waals surface area contributed by atoms with E-state index in [0.717, 1.165) is 10.8 Å². The van der Waals surface area contributed by atoms with Gasteiger partial charge >= 0.3 is 0 Å². The predicted molar refractivity (Wildman–Crippen MR) is 76.0 cm³/mol. The molecule has 0 unspecified atom stereocenters. The molecule has 1 amide bonds. The highest BCUT2D eigenvalue weighted by atomic mass is 16.3. The molecule has 0 saturated heterocycles. The third-order valence-corrected chi connectivity index (χ3v) is 3.01. The smallest absolute Gasteiger partial charge is 0.270 e. The number of rotatable bonds is 3. The van der Waals surface area contributed by atoms with Crippen molar-refractivity contribution in [2.75, 3.05) is 5.73 Å². The lowest BCUT2D eigenvalue weighted by Crippen LogP contribution is -2.23. The standard InChI is InChI=1S/C15H13N3O2/c16-11-4-3-10-5-6-17-14(13(10)8-11)15(19)18-9-12-2-1-7-20-12/h1-8H,9,16H2,(H,18,19). The predicted octanol–water partition coefficient (Wildman–Crippen LogP) is 2.34. The van der Waals surface area contributed by atoms with Gasteiger partial charge in [-0.15, -0.1) is 0 Å². The highest BCUT2D eigenvalue weighted by Crippen LogP contribution is 2.19. The number of nitrogens with zero attached hydrogens (tertiary/aromatic N) is 1. The number of hydrogen-bond donors (Lipinski definition) is 2. The van der Waals surface area contributed by atoms with Crippen LogP contribution in [0.15, 0.2) is 53.3 Å². The van der Waals surface area contributed by atoms with Crippen molar-refractivity contribution >= 4 is 22.4 Å². The van der Waals surface area contributed by atoms with Gasteiger partial charge in [0.2, 0.25) is 0 Å². The lowest BCUT2D eigenvalue weighted by Gasteiger charge is -2.06. The molecular formula is C15H13N3O2. The Hall–Kier alpha value is -2.82. The van der Waals surface area contributed by atoms with Gasteiger partial charge in [0.15, 0.2) is 0 Å². The molecule has 0 bridgehead atoms. The number of hydrogen-bond acceptors (Lipinski definition) is 4. The van der Waals surface area contributed by atoms with Crippen molar-refractivity contribution in [1.29, 1.82) is 0 Å². The molecule has 1 aromatic carbocycles. The molecule has 0 radical (unpaired) electrons. The SMILES string of the molecule is Nc1ccc2ccnc(C(=O)NCc3ccco3)c2c1. The first kappa shape index (κ1) is 12.2. The summed E-state index contributed by atoms with van der Waals surface area (Å²) in [6.07, 6.45) is 3.18. The van der Waals surface area contributed by atoms with Gasteiger partial charge in [0, 0.05) is 17.3 Å². The number of nitrogen functional groups attached to an aromatic ring is 1. The van der Waals surface area contributed by atoms with E-state index in [4.69, 9.17) is 10.2 Å². The summed E-state index contributed by atoms with van der Waals surface area (Å²) in [7, 11) is 0. The van der Waals surface area contributed by atoms with E-state index >= 15 is 0 Å². The Morgan fingerprint density at radius 1 is 1.30 bits per heavy atom. The number of fused-ring (bicyclic) bond motifs is 1. The molecule has 3 rings (SSSR count). The van der Waals surface area contributed by atoms with E-state index < -0.39 is 0 Å². The zero-order valence-electron chi connectivity index (χ0n) is 10.7. The van der Waals surface area contributed by atoms with Crippen molar-refractivity contribution in [3.05, 3.63) is 60.3 Å². The number of carbonyl (C=O) groups is 1. The molecule has 0 saturated carbocycles. The highest BCUT2D eigenvalue weighted by molar-refractivity contribution is 6.05. The first-order valence-electron chi connectivity index (χ1n) is 6.19. The minimum absolute atomic E-state index is 0.252. The number of benzene rings is 1. The Bertz CT molecular complexity index is 751. The lowest BCUT2D eigenvalue weighted by atomic mass is 10.1. The second-order valence-electron chi connectivity index (χ2n) is 4.40. The van der Waals surface area contributed by atoms with Gasteiger partial charge in [-0.3, -0.25) is 9.78 Å². The van der Waals surface area contributed by atoms with Crippen LogP contribution in [0.4, 0.5) is 5.69 Å². The van der Waals surface area contributed by atoms with Crippen LogP contribution in [0.5, 0.6) is 0 Å². The molecule has 0 aliphatic heterocycles. The summed E-state index contributed by atoms with van der Waals surface area (Å²) < 4.78 is 5.17. The van der Waals surface area contributed by atoms with E-state index in [1.54, 1.807) is 36.7 Å². The zero-order chi connectivity index (χ0) is 13.9. The number of amides is 1. The number of anilines is 1. The maximum absolute atomic E-state index is 12.2.